The SMILES string of the molecule is CN(CC1CCNCC1)C(=O)c1ccc(Cl)cc1O. The predicted octanol–water partition coefficient (Wildman–Crippen LogP) is 2.12. The van der Waals surface area contributed by atoms with Crippen molar-refractivity contribution in [1.82, 2.24) is 10.2 Å². The topological polar surface area (TPSA) is 52.6 Å². The number of aromatic hydroxyl groups is 1. The van der Waals surface area contributed by atoms with E-state index in [2.05, 4.69) is 5.32 Å². The van der Waals surface area contributed by atoms with Crippen molar-refractivity contribution >= 4 is 17.5 Å². The zero-order chi connectivity index (χ0) is 13.8. The molecule has 1 amide bonds. The van der Waals surface area contributed by atoms with E-state index < -0.39 is 0 Å². The molecular formula is C14H19ClN2O2. The fourth-order valence-electron chi connectivity index (χ4n) is 2.43. The second-order valence-corrected chi connectivity index (χ2v) is 5.48. The van der Waals surface area contributed by atoms with Crippen LogP contribution in [0.2, 0.25) is 5.02 Å². The molecule has 1 saturated heterocycles. The Balaban J connectivity index is 2.01. The summed E-state index contributed by atoms with van der Waals surface area (Å²) >= 11 is 5.76. The van der Waals surface area contributed by atoms with E-state index in [4.69, 9.17) is 11.6 Å². The predicted molar refractivity (Wildman–Crippen MR) is 75.7 cm³/mol. The first kappa shape index (κ1) is 14.2. The van der Waals surface area contributed by atoms with Gasteiger partial charge in [0.1, 0.15) is 5.75 Å². The largest absolute Gasteiger partial charge is 0.507 e. The fraction of sp³-hybridized carbons (Fsp3) is 0.500. The van der Waals surface area contributed by atoms with Crippen LogP contribution < -0.4 is 5.32 Å². The van der Waals surface area contributed by atoms with Gasteiger partial charge in [-0.25, -0.2) is 0 Å². The Morgan fingerprint density at radius 1 is 1.47 bits per heavy atom. The maximum atomic E-state index is 12.3. The highest BCUT2D eigenvalue weighted by Gasteiger charge is 2.20. The first-order valence-corrected chi connectivity index (χ1v) is 6.90. The lowest BCUT2D eigenvalue weighted by atomic mass is 9.97. The van der Waals surface area contributed by atoms with Gasteiger partial charge in [0.15, 0.2) is 0 Å². The molecule has 0 atom stereocenters. The van der Waals surface area contributed by atoms with Crippen LogP contribution in [0.25, 0.3) is 0 Å². The fourth-order valence-corrected chi connectivity index (χ4v) is 2.59. The molecule has 1 aliphatic rings. The first-order valence-electron chi connectivity index (χ1n) is 6.52. The minimum absolute atomic E-state index is 0.0605. The molecule has 5 heteroatoms. The summed E-state index contributed by atoms with van der Waals surface area (Å²) in [6, 6.07) is 4.58. The second kappa shape index (κ2) is 6.26. The molecule has 104 valence electrons. The summed E-state index contributed by atoms with van der Waals surface area (Å²) in [5.74, 6) is 0.312. The van der Waals surface area contributed by atoms with Crippen molar-refractivity contribution in [1.29, 1.82) is 0 Å². The Bertz CT molecular complexity index is 459. The Morgan fingerprint density at radius 3 is 2.79 bits per heavy atom. The Labute approximate surface area is 118 Å². The van der Waals surface area contributed by atoms with Crippen LogP contribution in [0.15, 0.2) is 18.2 Å². The highest BCUT2D eigenvalue weighted by molar-refractivity contribution is 6.30. The second-order valence-electron chi connectivity index (χ2n) is 5.04. The van der Waals surface area contributed by atoms with Crippen LogP contribution in [0.3, 0.4) is 0 Å². The number of nitrogens with zero attached hydrogens (tertiary/aromatic N) is 1. The molecule has 1 heterocycles. The Morgan fingerprint density at radius 2 is 2.16 bits per heavy atom. The lowest BCUT2D eigenvalue weighted by molar-refractivity contribution is 0.0760. The monoisotopic (exact) mass is 282 g/mol. The van der Waals surface area contributed by atoms with Crippen LogP contribution in [-0.2, 0) is 0 Å². The summed E-state index contributed by atoms with van der Waals surface area (Å²) in [7, 11) is 1.78. The number of phenols is 1. The molecule has 0 aliphatic carbocycles. The molecule has 0 saturated carbocycles. The van der Waals surface area contributed by atoms with Crippen LogP contribution in [0.4, 0.5) is 0 Å². The summed E-state index contributed by atoms with van der Waals surface area (Å²) in [5, 5.41) is 13.5. The maximum Gasteiger partial charge on any atom is 0.257 e. The average Bonchev–Trinajstić information content (AvgIpc) is 2.39. The number of piperidine rings is 1. The number of hydrogen-bond acceptors (Lipinski definition) is 3. The number of carbonyl (C=O) groups excluding carboxylic acids is 1. The summed E-state index contributed by atoms with van der Waals surface area (Å²) in [4.78, 5) is 13.9. The maximum absolute atomic E-state index is 12.3. The van der Waals surface area contributed by atoms with Crippen LogP contribution in [0.5, 0.6) is 5.75 Å². The van der Waals surface area contributed by atoms with Gasteiger partial charge >= 0.3 is 0 Å². The average molecular weight is 283 g/mol. The lowest BCUT2D eigenvalue weighted by Gasteiger charge is -2.27. The minimum Gasteiger partial charge on any atom is -0.507 e. The molecule has 0 radical (unpaired) electrons. The smallest absolute Gasteiger partial charge is 0.257 e. The van der Waals surface area contributed by atoms with Gasteiger partial charge in [0, 0.05) is 18.6 Å². The molecule has 1 aliphatic heterocycles. The van der Waals surface area contributed by atoms with Gasteiger partial charge in [-0.3, -0.25) is 4.79 Å². The van der Waals surface area contributed by atoms with Gasteiger partial charge in [0.2, 0.25) is 0 Å². The molecule has 0 unspecified atom stereocenters. The number of amides is 1. The van der Waals surface area contributed by atoms with E-state index in [1.54, 1.807) is 24.1 Å². The van der Waals surface area contributed by atoms with E-state index in [1.807, 2.05) is 0 Å². The van der Waals surface area contributed by atoms with Gasteiger partial charge in [0.05, 0.1) is 5.56 Å². The number of hydrogen-bond donors (Lipinski definition) is 2. The van der Waals surface area contributed by atoms with Crippen molar-refractivity contribution in [2.24, 2.45) is 5.92 Å². The highest BCUT2D eigenvalue weighted by Crippen LogP contribution is 2.23. The zero-order valence-corrected chi connectivity index (χ0v) is 11.8. The quantitative estimate of drug-likeness (QED) is 0.893. The van der Waals surface area contributed by atoms with Crippen LogP contribution in [-0.4, -0.2) is 42.6 Å². The molecule has 2 N–H and O–H groups in total. The number of benzene rings is 1. The van der Waals surface area contributed by atoms with Crippen molar-refractivity contribution in [3.63, 3.8) is 0 Å². The number of rotatable bonds is 3. The molecule has 0 spiro atoms. The third-order valence-corrected chi connectivity index (χ3v) is 3.76. The van der Waals surface area contributed by atoms with Crippen molar-refractivity contribution in [2.75, 3.05) is 26.7 Å². The van der Waals surface area contributed by atoms with Crippen molar-refractivity contribution in [3.05, 3.63) is 28.8 Å². The van der Waals surface area contributed by atoms with E-state index in [-0.39, 0.29) is 11.7 Å². The molecular weight excluding hydrogens is 264 g/mol. The van der Waals surface area contributed by atoms with Gasteiger partial charge in [-0.1, -0.05) is 11.6 Å². The molecule has 4 nitrogen and oxygen atoms in total. The van der Waals surface area contributed by atoms with Gasteiger partial charge in [-0.05, 0) is 50.0 Å². The standard InChI is InChI=1S/C14H19ClN2O2/c1-17(9-10-4-6-16-7-5-10)14(19)12-3-2-11(15)8-13(12)18/h2-3,8,10,16,18H,4-7,9H2,1H3. The Kier molecular flexibility index (Phi) is 4.66. The van der Waals surface area contributed by atoms with E-state index >= 15 is 0 Å². The zero-order valence-electron chi connectivity index (χ0n) is 11.0. The van der Waals surface area contributed by atoms with E-state index in [9.17, 15) is 9.90 Å². The molecule has 1 aromatic carbocycles. The summed E-state index contributed by atoms with van der Waals surface area (Å²) in [5.41, 5.74) is 0.306. The van der Waals surface area contributed by atoms with E-state index in [0.29, 0.717) is 16.5 Å². The Hall–Kier alpha value is -1.26. The minimum atomic E-state index is -0.160. The lowest BCUT2D eigenvalue weighted by Crippen LogP contribution is -2.37. The molecule has 0 bridgehead atoms. The van der Waals surface area contributed by atoms with Crippen LogP contribution >= 0.6 is 11.6 Å². The molecule has 0 aromatic heterocycles. The van der Waals surface area contributed by atoms with Crippen molar-refractivity contribution < 1.29 is 9.90 Å². The van der Waals surface area contributed by atoms with Gasteiger partial charge in [-0.15, -0.1) is 0 Å². The van der Waals surface area contributed by atoms with E-state index in [1.165, 1.54) is 6.07 Å². The number of carbonyl (C=O) groups is 1. The molecule has 1 aromatic rings. The van der Waals surface area contributed by atoms with Gasteiger partial charge < -0.3 is 15.3 Å². The van der Waals surface area contributed by atoms with Crippen molar-refractivity contribution in [3.8, 4) is 5.75 Å². The third kappa shape index (κ3) is 3.61. The molecule has 19 heavy (non-hydrogen) atoms. The first-order chi connectivity index (χ1) is 9.08. The third-order valence-electron chi connectivity index (χ3n) is 3.53. The van der Waals surface area contributed by atoms with Crippen LogP contribution in [0.1, 0.15) is 23.2 Å². The number of nitrogens with one attached hydrogen (secondary N) is 1. The number of phenolic OH excluding ortho intramolecular Hbond substituents is 1. The van der Waals surface area contributed by atoms with E-state index in [0.717, 1.165) is 32.5 Å². The highest BCUT2D eigenvalue weighted by atomic mass is 35.5. The molecule has 1 fully saturated rings. The van der Waals surface area contributed by atoms with Gasteiger partial charge in [0.25, 0.3) is 5.91 Å². The summed E-state index contributed by atoms with van der Waals surface area (Å²) < 4.78 is 0. The molecule has 2 rings (SSSR count). The normalized spacial score (nSPS) is 16.3. The summed E-state index contributed by atoms with van der Waals surface area (Å²) in [6.45, 7) is 2.75. The summed E-state index contributed by atoms with van der Waals surface area (Å²) in [6.07, 6.45) is 2.18. The van der Waals surface area contributed by atoms with Crippen LogP contribution in [0, 0.1) is 5.92 Å². The van der Waals surface area contributed by atoms with Gasteiger partial charge in [-0.2, -0.15) is 0 Å². The number of halogens is 1. The van der Waals surface area contributed by atoms with Crippen molar-refractivity contribution in [2.45, 2.75) is 12.8 Å².